The number of nitrogen functional groups attached to an aromatic ring is 1. The Bertz CT molecular complexity index is 341. The number of halogens is 1. The highest BCUT2D eigenvalue weighted by Crippen LogP contribution is 2.22. The summed E-state index contributed by atoms with van der Waals surface area (Å²) in [5.41, 5.74) is 11.6. The molecule has 0 aromatic heterocycles. The summed E-state index contributed by atoms with van der Waals surface area (Å²) in [6.45, 7) is 0. The van der Waals surface area contributed by atoms with Crippen LogP contribution in [0.4, 0.5) is 5.69 Å². The van der Waals surface area contributed by atoms with Gasteiger partial charge in [-0.25, -0.2) is 0 Å². The summed E-state index contributed by atoms with van der Waals surface area (Å²) < 4.78 is 0. The Morgan fingerprint density at radius 2 is 2.15 bits per heavy atom. The molecule has 1 aromatic carbocycles. The first-order chi connectivity index (χ1) is 6.02. The third kappa shape index (κ3) is 2.11. The van der Waals surface area contributed by atoms with Gasteiger partial charge in [0.15, 0.2) is 0 Å². The quantitative estimate of drug-likeness (QED) is 0.622. The standard InChI is InChI=1S/C8H9ClN2O2/c9-5-2-1-4(3-6(5)10)7(11)8(12)13/h1-3,7H,10-11H2,(H,12,13)/t7-/m0/s1. The number of carbonyl (C=O) groups is 1. The average molecular weight is 201 g/mol. The first-order valence-electron chi connectivity index (χ1n) is 3.55. The number of rotatable bonds is 2. The molecule has 0 aliphatic rings. The van der Waals surface area contributed by atoms with Crippen molar-refractivity contribution in [2.75, 3.05) is 5.73 Å². The molecule has 1 atom stereocenters. The summed E-state index contributed by atoms with van der Waals surface area (Å²) >= 11 is 5.65. The third-order valence-corrected chi connectivity index (χ3v) is 1.99. The van der Waals surface area contributed by atoms with Gasteiger partial charge in [-0.15, -0.1) is 0 Å². The van der Waals surface area contributed by atoms with E-state index < -0.39 is 12.0 Å². The lowest BCUT2D eigenvalue weighted by Gasteiger charge is -2.07. The molecule has 0 aliphatic heterocycles. The fourth-order valence-electron chi connectivity index (χ4n) is 0.898. The number of nitrogens with two attached hydrogens (primary N) is 2. The number of hydrogen-bond donors (Lipinski definition) is 3. The van der Waals surface area contributed by atoms with Crippen LogP contribution in [-0.4, -0.2) is 11.1 Å². The summed E-state index contributed by atoms with van der Waals surface area (Å²) in [5, 5.41) is 8.99. The van der Waals surface area contributed by atoms with Crippen molar-refractivity contribution in [1.29, 1.82) is 0 Å². The van der Waals surface area contributed by atoms with Crippen LogP contribution in [0.3, 0.4) is 0 Å². The van der Waals surface area contributed by atoms with E-state index in [0.717, 1.165) is 0 Å². The van der Waals surface area contributed by atoms with Crippen molar-refractivity contribution in [3.63, 3.8) is 0 Å². The number of aliphatic carboxylic acids is 1. The Hall–Kier alpha value is -1.26. The van der Waals surface area contributed by atoms with Crippen molar-refractivity contribution >= 4 is 23.3 Å². The second-order valence-electron chi connectivity index (χ2n) is 2.60. The minimum Gasteiger partial charge on any atom is -0.480 e. The number of anilines is 1. The normalized spacial score (nSPS) is 12.5. The van der Waals surface area contributed by atoms with E-state index in [2.05, 4.69) is 0 Å². The number of carboxylic acids is 1. The van der Waals surface area contributed by atoms with Crippen LogP contribution in [0.5, 0.6) is 0 Å². The molecule has 0 bridgehead atoms. The largest absolute Gasteiger partial charge is 0.480 e. The minimum atomic E-state index is -1.10. The van der Waals surface area contributed by atoms with Crippen LogP contribution in [0.25, 0.3) is 0 Å². The lowest BCUT2D eigenvalue weighted by atomic mass is 10.1. The first-order valence-corrected chi connectivity index (χ1v) is 3.93. The smallest absolute Gasteiger partial charge is 0.325 e. The first kappa shape index (κ1) is 9.83. The molecule has 1 aromatic rings. The zero-order valence-electron chi connectivity index (χ0n) is 6.70. The molecule has 13 heavy (non-hydrogen) atoms. The lowest BCUT2D eigenvalue weighted by Crippen LogP contribution is -2.20. The van der Waals surface area contributed by atoms with Crippen LogP contribution in [0, 0.1) is 0 Å². The van der Waals surface area contributed by atoms with Gasteiger partial charge in [0, 0.05) is 0 Å². The third-order valence-electron chi connectivity index (χ3n) is 1.65. The molecule has 0 saturated heterocycles. The van der Waals surface area contributed by atoms with Crippen LogP contribution >= 0.6 is 11.6 Å². The Morgan fingerprint density at radius 1 is 1.54 bits per heavy atom. The van der Waals surface area contributed by atoms with Crippen LogP contribution in [0.2, 0.25) is 5.02 Å². The van der Waals surface area contributed by atoms with Crippen molar-refractivity contribution in [2.24, 2.45) is 5.73 Å². The zero-order valence-corrected chi connectivity index (χ0v) is 7.45. The Balaban J connectivity index is 3.03. The molecule has 1 rings (SSSR count). The van der Waals surface area contributed by atoms with Crippen molar-refractivity contribution in [3.05, 3.63) is 28.8 Å². The van der Waals surface area contributed by atoms with Gasteiger partial charge in [-0.05, 0) is 17.7 Å². The van der Waals surface area contributed by atoms with E-state index >= 15 is 0 Å². The van der Waals surface area contributed by atoms with Crippen LogP contribution in [-0.2, 0) is 4.79 Å². The molecule has 0 radical (unpaired) electrons. The Labute approximate surface area is 80.1 Å². The van der Waals surface area contributed by atoms with Crippen molar-refractivity contribution in [3.8, 4) is 0 Å². The van der Waals surface area contributed by atoms with Gasteiger partial charge in [0.1, 0.15) is 6.04 Å². The van der Waals surface area contributed by atoms with E-state index in [1.807, 2.05) is 0 Å². The molecule has 5 heteroatoms. The van der Waals surface area contributed by atoms with Gasteiger partial charge >= 0.3 is 5.97 Å². The number of benzene rings is 1. The minimum absolute atomic E-state index is 0.330. The maximum absolute atomic E-state index is 10.5. The second kappa shape index (κ2) is 3.64. The van der Waals surface area contributed by atoms with Crippen molar-refractivity contribution < 1.29 is 9.90 Å². The van der Waals surface area contributed by atoms with E-state index in [1.54, 1.807) is 0 Å². The van der Waals surface area contributed by atoms with Gasteiger partial charge in [-0.2, -0.15) is 0 Å². The molecular formula is C8H9ClN2O2. The average Bonchev–Trinajstić information content (AvgIpc) is 2.08. The highest BCUT2D eigenvalue weighted by Gasteiger charge is 2.14. The molecule has 0 amide bonds. The van der Waals surface area contributed by atoms with E-state index in [0.29, 0.717) is 16.3 Å². The fraction of sp³-hybridized carbons (Fsp3) is 0.125. The highest BCUT2D eigenvalue weighted by molar-refractivity contribution is 6.33. The molecule has 0 saturated carbocycles. The van der Waals surface area contributed by atoms with Crippen LogP contribution in [0.1, 0.15) is 11.6 Å². The Kier molecular flexibility index (Phi) is 2.75. The summed E-state index contributed by atoms with van der Waals surface area (Å²) in [6.07, 6.45) is 0. The summed E-state index contributed by atoms with van der Waals surface area (Å²) in [7, 11) is 0. The highest BCUT2D eigenvalue weighted by atomic mass is 35.5. The van der Waals surface area contributed by atoms with Gasteiger partial charge in [-0.3, -0.25) is 4.79 Å². The molecule has 70 valence electrons. The molecule has 0 fully saturated rings. The molecule has 4 nitrogen and oxygen atoms in total. The van der Waals surface area contributed by atoms with Crippen LogP contribution in [0.15, 0.2) is 18.2 Å². The van der Waals surface area contributed by atoms with E-state index in [-0.39, 0.29) is 0 Å². The van der Waals surface area contributed by atoms with Gasteiger partial charge < -0.3 is 16.6 Å². The van der Waals surface area contributed by atoms with Crippen molar-refractivity contribution in [2.45, 2.75) is 6.04 Å². The SMILES string of the molecule is Nc1cc([C@H](N)C(=O)O)ccc1Cl. The molecule has 5 N–H and O–H groups in total. The molecule has 0 unspecified atom stereocenters. The summed E-state index contributed by atoms with van der Waals surface area (Å²) in [5.74, 6) is -1.10. The predicted octanol–water partition coefficient (Wildman–Crippen LogP) is 1.01. The van der Waals surface area contributed by atoms with Crippen LogP contribution < -0.4 is 11.5 Å². The van der Waals surface area contributed by atoms with Gasteiger partial charge in [0.05, 0.1) is 10.7 Å². The fourth-order valence-corrected chi connectivity index (χ4v) is 1.02. The second-order valence-corrected chi connectivity index (χ2v) is 3.00. The Morgan fingerprint density at radius 3 is 2.62 bits per heavy atom. The zero-order chi connectivity index (χ0) is 10.0. The maximum atomic E-state index is 10.5. The number of hydrogen-bond acceptors (Lipinski definition) is 3. The molecule has 0 heterocycles. The summed E-state index contributed by atoms with van der Waals surface area (Å²) in [4.78, 5) is 10.5. The van der Waals surface area contributed by atoms with Crippen molar-refractivity contribution in [1.82, 2.24) is 0 Å². The molecule has 0 spiro atoms. The monoisotopic (exact) mass is 200 g/mol. The molecular weight excluding hydrogens is 192 g/mol. The van der Waals surface area contributed by atoms with E-state index in [9.17, 15) is 4.79 Å². The summed E-state index contributed by atoms with van der Waals surface area (Å²) in [6, 6.07) is 3.47. The van der Waals surface area contributed by atoms with Gasteiger partial charge in [0.25, 0.3) is 0 Å². The lowest BCUT2D eigenvalue weighted by molar-refractivity contribution is -0.138. The number of carboxylic acid groups (broad SMARTS) is 1. The maximum Gasteiger partial charge on any atom is 0.325 e. The van der Waals surface area contributed by atoms with E-state index in [4.69, 9.17) is 28.2 Å². The van der Waals surface area contributed by atoms with Gasteiger partial charge in [-0.1, -0.05) is 17.7 Å². The topological polar surface area (TPSA) is 89.3 Å². The van der Waals surface area contributed by atoms with Gasteiger partial charge in [0.2, 0.25) is 0 Å². The predicted molar refractivity (Wildman–Crippen MR) is 50.4 cm³/mol. The van der Waals surface area contributed by atoms with E-state index in [1.165, 1.54) is 18.2 Å². The molecule has 0 aliphatic carbocycles.